The maximum absolute atomic E-state index is 4.21. The summed E-state index contributed by atoms with van der Waals surface area (Å²) in [4.78, 5) is 6.39. The first-order valence-electron chi connectivity index (χ1n) is 4.35. The molecule has 1 heterocycles. The molecule has 0 saturated carbocycles. The number of nitrogens with zero attached hydrogens (tertiary/aromatic N) is 3. The first-order chi connectivity index (χ1) is 6.18. The van der Waals surface area contributed by atoms with Crippen molar-refractivity contribution >= 4 is 11.8 Å². The van der Waals surface area contributed by atoms with E-state index in [9.17, 15) is 0 Å². The molecule has 1 aromatic heterocycles. The molecule has 0 saturated heterocycles. The molecule has 0 aliphatic heterocycles. The number of aromatic amines is 1. The van der Waals surface area contributed by atoms with Crippen LogP contribution in [0.3, 0.4) is 0 Å². The minimum absolute atomic E-state index is 0.858. The molecule has 0 unspecified atom stereocenters. The molecule has 13 heavy (non-hydrogen) atoms. The van der Waals surface area contributed by atoms with E-state index in [1.165, 1.54) is 6.42 Å². The second kappa shape index (κ2) is 5.24. The van der Waals surface area contributed by atoms with Crippen LogP contribution in [0, 0.1) is 6.92 Å². The van der Waals surface area contributed by atoms with Gasteiger partial charge in [-0.05, 0) is 34.0 Å². The Hall–Kier alpha value is -0.550. The van der Waals surface area contributed by atoms with Crippen molar-refractivity contribution in [3.8, 4) is 0 Å². The Bertz CT molecular complexity index is 246. The van der Waals surface area contributed by atoms with Crippen molar-refractivity contribution in [3.05, 3.63) is 5.82 Å². The number of nitrogens with one attached hydrogen (secondary N) is 1. The van der Waals surface area contributed by atoms with Gasteiger partial charge in [-0.15, -0.1) is 5.10 Å². The van der Waals surface area contributed by atoms with Crippen LogP contribution in [0.15, 0.2) is 5.16 Å². The zero-order valence-electron chi connectivity index (χ0n) is 8.37. The lowest BCUT2D eigenvalue weighted by Crippen LogP contribution is -2.13. The molecule has 0 aromatic carbocycles. The number of H-pyrrole nitrogens is 1. The minimum Gasteiger partial charge on any atom is -0.309 e. The van der Waals surface area contributed by atoms with Crippen LogP contribution < -0.4 is 0 Å². The summed E-state index contributed by atoms with van der Waals surface area (Å²) < 4.78 is 0. The first-order valence-corrected chi connectivity index (χ1v) is 5.33. The summed E-state index contributed by atoms with van der Waals surface area (Å²) in [5, 5.41) is 7.73. The standard InChI is InChI=1S/C8H16N4S/c1-7-9-8(11-10-7)13-6-4-5-12(2)3/h4-6H2,1-3H3,(H,9,10,11). The third-order valence-electron chi connectivity index (χ3n) is 1.56. The third-order valence-corrected chi connectivity index (χ3v) is 2.49. The van der Waals surface area contributed by atoms with E-state index in [4.69, 9.17) is 0 Å². The van der Waals surface area contributed by atoms with Crippen molar-refractivity contribution in [2.45, 2.75) is 18.5 Å². The first kappa shape index (κ1) is 10.5. The fraction of sp³-hybridized carbons (Fsp3) is 0.750. The van der Waals surface area contributed by atoms with Gasteiger partial charge in [0.1, 0.15) is 5.82 Å². The van der Waals surface area contributed by atoms with E-state index in [2.05, 4.69) is 34.2 Å². The molecule has 1 aromatic rings. The highest BCUT2D eigenvalue weighted by Gasteiger charge is 1.99. The van der Waals surface area contributed by atoms with Crippen LogP contribution in [-0.4, -0.2) is 46.5 Å². The number of aryl methyl sites for hydroxylation is 1. The molecule has 0 bridgehead atoms. The SMILES string of the molecule is Cc1nc(SCCCN(C)C)n[nH]1. The van der Waals surface area contributed by atoms with Gasteiger partial charge in [0.25, 0.3) is 0 Å². The monoisotopic (exact) mass is 200 g/mol. The highest BCUT2D eigenvalue weighted by atomic mass is 32.2. The maximum Gasteiger partial charge on any atom is 0.208 e. The number of hydrogen-bond acceptors (Lipinski definition) is 4. The summed E-state index contributed by atoms with van der Waals surface area (Å²) >= 11 is 1.70. The third kappa shape index (κ3) is 4.28. The molecule has 74 valence electrons. The smallest absolute Gasteiger partial charge is 0.208 e. The predicted octanol–water partition coefficient (Wildman–Crippen LogP) is 1.16. The van der Waals surface area contributed by atoms with Crippen molar-refractivity contribution in [2.24, 2.45) is 0 Å². The van der Waals surface area contributed by atoms with Gasteiger partial charge in [-0.25, -0.2) is 4.98 Å². The van der Waals surface area contributed by atoms with Crippen LogP contribution in [0.1, 0.15) is 12.2 Å². The van der Waals surface area contributed by atoms with Gasteiger partial charge in [-0.1, -0.05) is 11.8 Å². The molecular formula is C8H16N4S. The summed E-state index contributed by atoms with van der Waals surface area (Å²) in [6.45, 7) is 3.04. The summed E-state index contributed by atoms with van der Waals surface area (Å²) in [6.07, 6.45) is 1.17. The van der Waals surface area contributed by atoms with Crippen molar-refractivity contribution in [2.75, 3.05) is 26.4 Å². The highest BCUT2D eigenvalue weighted by Crippen LogP contribution is 2.12. The van der Waals surface area contributed by atoms with Crippen LogP contribution >= 0.6 is 11.8 Å². The number of hydrogen-bond donors (Lipinski definition) is 1. The Kier molecular flexibility index (Phi) is 4.24. The summed E-state index contributed by atoms with van der Waals surface area (Å²) in [7, 11) is 4.17. The summed E-state index contributed by atoms with van der Waals surface area (Å²) in [5.41, 5.74) is 0. The molecule has 0 fully saturated rings. The second-order valence-electron chi connectivity index (χ2n) is 3.21. The van der Waals surface area contributed by atoms with Crippen molar-refractivity contribution in [1.82, 2.24) is 20.1 Å². The topological polar surface area (TPSA) is 44.8 Å². The van der Waals surface area contributed by atoms with Crippen LogP contribution in [0.4, 0.5) is 0 Å². The van der Waals surface area contributed by atoms with Gasteiger partial charge in [-0.2, -0.15) is 0 Å². The zero-order chi connectivity index (χ0) is 9.68. The molecule has 0 radical (unpaired) electrons. The Labute approximate surface area is 83.1 Å². The van der Waals surface area contributed by atoms with Gasteiger partial charge in [-0.3, -0.25) is 5.10 Å². The van der Waals surface area contributed by atoms with Gasteiger partial charge in [0.15, 0.2) is 0 Å². The Morgan fingerprint density at radius 2 is 2.23 bits per heavy atom. The molecule has 5 heteroatoms. The lowest BCUT2D eigenvalue weighted by atomic mass is 10.5. The van der Waals surface area contributed by atoms with E-state index in [0.29, 0.717) is 0 Å². The zero-order valence-corrected chi connectivity index (χ0v) is 9.19. The van der Waals surface area contributed by atoms with Crippen molar-refractivity contribution < 1.29 is 0 Å². The minimum atomic E-state index is 0.858. The molecule has 4 nitrogen and oxygen atoms in total. The van der Waals surface area contributed by atoms with Gasteiger partial charge in [0.2, 0.25) is 5.16 Å². The average Bonchev–Trinajstić information content (AvgIpc) is 2.45. The molecule has 1 rings (SSSR count). The highest BCUT2D eigenvalue weighted by molar-refractivity contribution is 7.99. The van der Waals surface area contributed by atoms with Crippen LogP contribution in [0.2, 0.25) is 0 Å². The summed E-state index contributed by atoms with van der Waals surface area (Å²) in [6, 6.07) is 0. The lowest BCUT2D eigenvalue weighted by molar-refractivity contribution is 0.410. The van der Waals surface area contributed by atoms with Gasteiger partial charge < -0.3 is 4.90 Å². The van der Waals surface area contributed by atoms with E-state index in [1.807, 2.05) is 6.92 Å². The van der Waals surface area contributed by atoms with Crippen LogP contribution in [0.25, 0.3) is 0 Å². The maximum atomic E-state index is 4.21. The fourth-order valence-electron chi connectivity index (χ4n) is 0.931. The summed E-state index contributed by atoms with van der Waals surface area (Å²) in [5.74, 6) is 1.96. The van der Waals surface area contributed by atoms with E-state index in [0.717, 1.165) is 23.3 Å². The molecular weight excluding hydrogens is 184 g/mol. The van der Waals surface area contributed by atoms with Crippen molar-refractivity contribution in [1.29, 1.82) is 0 Å². The Balaban J connectivity index is 2.13. The van der Waals surface area contributed by atoms with Crippen LogP contribution in [-0.2, 0) is 0 Å². The van der Waals surface area contributed by atoms with E-state index in [-0.39, 0.29) is 0 Å². The quantitative estimate of drug-likeness (QED) is 0.572. The molecule has 0 aliphatic carbocycles. The second-order valence-corrected chi connectivity index (χ2v) is 4.27. The van der Waals surface area contributed by atoms with Crippen LogP contribution in [0.5, 0.6) is 0 Å². The number of rotatable bonds is 5. The van der Waals surface area contributed by atoms with E-state index >= 15 is 0 Å². The molecule has 0 aliphatic rings. The molecule has 0 atom stereocenters. The molecule has 0 spiro atoms. The fourth-order valence-corrected chi connectivity index (χ4v) is 1.70. The Morgan fingerprint density at radius 1 is 1.46 bits per heavy atom. The lowest BCUT2D eigenvalue weighted by Gasteiger charge is -2.07. The normalized spacial score (nSPS) is 11.1. The Morgan fingerprint density at radius 3 is 2.77 bits per heavy atom. The average molecular weight is 200 g/mol. The molecule has 1 N–H and O–H groups in total. The number of aromatic nitrogens is 3. The van der Waals surface area contributed by atoms with Gasteiger partial charge in [0.05, 0.1) is 0 Å². The number of thioether (sulfide) groups is 1. The largest absolute Gasteiger partial charge is 0.309 e. The predicted molar refractivity (Wildman–Crippen MR) is 55.0 cm³/mol. The van der Waals surface area contributed by atoms with E-state index in [1.54, 1.807) is 11.8 Å². The van der Waals surface area contributed by atoms with Crippen molar-refractivity contribution in [3.63, 3.8) is 0 Å². The van der Waals surface area contributed by atoms with Gasteiger partial charge in [0, 0.05) is 5.75 Å². The van der Waals surface area contributed by atoms with Gasteiger partial charge >= 0.3 is 0 Å². The molecule has 0 amide bonds. The van der Waals surface area contributed by atoms with E-state index < -0.39 is 0 Å².